The molecule has 0 aromatic rings. The molecule has 0 amide bonds. The lowest BCUT2D eigenvalue weighted by molar-refractivity contribution is -0.187. The lowest BCUT2D eigenvalue weighted by Crippen LogP contribution is -2.40. The van der Waals surface area contributed by atoms with Crippen LogP contribution in [0.5, 0.6) is 0 Å². The predicted molar refractivity (Wildman–Crippen MR) is 67.3 cm³/mol. The van der Waals surface area contributed by atoms with Crippen LogP contribution in [0.4, 0.5) is 4.79 Å². The van der Waals surface area contributed by atoms with E-state index >= 15 is 0 Å². The molecule has 4 bridgehead atoms. The molecule has 4 fully saturated rings. The number of carbonyl (C=O) groups excluding carboxylic acids is 1. The fraction of sp³-hybridized carbons (Fsp3) is 0.917. The van der Waals surface area contributed by atoms with Gasteiger partial charge in [-0.05, 0) is 56.8 Å². The molecule has 0 aromatic heterocycles. The van der Waals surface area contributed by atoms with E-state index in [0.29, 0.717) is 0 Å². The van der Waals surface area contributed by atoms with E-state index in [4.69, 9.17) is 9.47 Å². The summed E-state index contributed by atoms with van der Waals surface area (Å²) in [6, 6.07) is 0. The zero-order valence-electron chi connectivity index (χ0n) is 9.45. The van der Waals surface area contributed by atoms with Crippen LogP contribution in [0.1, 0.15) is 39.0 Å². The third-order valence-corrected chi connectivity index (χ3v) is 4.80. The minimum atomic E-state index is -0.388. The molecule has 3 unspecified atom stereocenters. The summed E-state index contributed by atoms with van der Waals surface area (Å²) < 4.78 is 10.8. The summed E-state index contributed by atoms with van der Waals surface area (Å²) in [7, 11) is 0. The number of rotatable bonds is 3. The van der Waals surface area contributed by atoms with Gasteiger partial charge in [-0.15, -0.1) is 0 Å². The summed E-state index contributed by atoms with van der Waals surface area (Å²) in [5, 5.41) is 0. The molecule has 0 radical (unpaired) electrons. The van der Waals surface area contributed by atoms with Crippen LogP contribution in [0.2, 0.25) is 0 Å². The average molecular weight is 336 g/mol. The van der Waals surface area contributed by atoms with E-state index in [0.717, 1.165) is 17.8 Å². The van der Waals surface area contributed by atoms with Crippen molar-refractivity contribution >= 4 is 26.6 Å². The lowest BCUT2D eigenvalue weighted by Gasteiger charge is -2.39. The van der Waals surface area contributed by atoms with E-state index < -0.39 is 0 Å². The highest BCUT2D eigenvalue weighted by Crippen LogP contribution is 2.61. The van der Waals surface area contributed by atoms with Crippen molar-refractivity contribution in [1.29, 1.82) is 0 Å². The maximum Gasteiger partial charge on any atom is 0.369 e. The molecule has 0 heterocycles. The van der Waals surface area contributed by atoms with Crippen LogP contribution in [-0.4, -0.2) is 15.9 Å². The van der Waals surface area contributed by atoms with Crippen molar-refractivity contribution in [1.82, 2.24) is 0 Å². The van der Waals surface area contributed by atoms with Crippen molar-refractivity contribution in [3.8, 4) is 0 Å². The monoisotopic (exact) mass is 336 g/mol. The second-order valence-corrected chi connectivity index (χ2v) is 6.57. The van der Waals surface area contributed by atoms with Gasteiger partial charge in [0.2, 0.25) is 6.29 Å². The summed E-state index contributed by atoms with van der Waals surface area (Å²) in [6.45, 7) is 1.83. The van der Waals surface area contributed by atoms with Gasteiger partial charge in [0.1, 0.15) is 0 Å². The minimum absolute atomic E-state index is 0.0437. The maximum absolute atomic E-state index is 10.9. The largest absolute Gasteiger partial charge is 0.429 e. The van der Waals surface area contributed by atoms with Crippen molar-refractivity contribution in [2.45, 2.75) is 50.9 Å². The number of halogens is 1. The zero-order chi connectivity index (χ0) is 11.3. The molecule has 3 nitrogen and oxygen atoms in total. The lowest BCUT2D eigenvalue weighted by atomic mass is 9.78. The molecule has 0 N–H and O–H groups in total. The first kappa shape index (κ1) is 11.3. The molecule has 4 aliphatic rings. The normalized spacial score (nSPS) is 46.0. The molecule has 0 aliphatic heterocycles. The molecule has 4 aliphatic carbocycles. The van der Waals surface area contributed by atoms with Crippen LogP contribution < -0.4 is 0 Å². The third-order valence-electron chi connectivity index (χ3n) is 4.54. The Bertz CT molecular complexity index is 298. The summed E-state index contributed by atoms with van der Waals surface area (Å²) in [5.41, 5.74) is 0.0437. The van der Waals surface area contributed by atoms with Gasteiger partial charge in [-0.1, -0.05) is 0 Å². The first-order chi connectivity index (χ1) is 7.56. The Kier molecular flexibility index (Phi) is 2.70. The van der Waals surface area contributed by atoms with Crippen molar-refractivity contribution in [2.75, 3.05) is 0 Å². The molecule has 0 aromatic carbocycles. The fourth-order valence-corrected chi connectivity index (χ4v) is 4.74. The zero-order valence-corrected chi connectivity index (χ0v) is 11.6. The van der Waals surface area contributed by atoms with Crippen molar-refractivity contribution in [3.63, 3.8) is 0 Å². The van der Waals surface area contributed by atoms with E-state index in [2.05, 4.69) is 0 Å². The first-order valence-corrected chi connectivity index (χ1v) is 7.18. The second-order valence-electron chi connectivity index (χ2n) is 5.69. The van der Waals surface area contributed by atoms with E-state index in [1.807, 2.05) is 6.92 Å². The first-order valence-electron chi connectivity index (χ1n) is 6.10. The summed E-state index contributed by atoms with van der Waals surface area (Å²) >= 11 is 1.65. The Labute approximate surface area is 109 Å². The van der Waals surface area contributed by atoms with E-state index in [1.165, 1.54) is 32.1 Å². The maximum atomic E-state index is 10.9. The van der Waals surface area contributed by atoms with Crippen LogP contribution in [0.15, 0.2) is 0 Å². The average Bonchev–Trinajstić information content (AvgIpc) is 2.50. The second kappa shape index (κ2) is 3.83. The number of hydrogen-bond donors (Lipinski definition) is 0. The van der Waals surface area contributed by atoms with Gasteiger partial charge in [-0.3, -0.25) is 0 Å². The van der Waals surface area contributed by atoms with Crippen molar-refractivity contribution in [2.24, 2.45) is 17.8 Å². The Morgan fingerprint density at radius 1 is 1.31 bits per heavy atom. The summed E-state index contributed by atoms with van der Waals surface area (Å²) in [5.74, 6) is 2.66. The summed E-state index contributed by atoms with van der Waals surface area (Å²) in [6.07, 6.45) is 6.00. The van der Waals surface area contributed by atoms with Gasteiger partial charge >= 0.3 is 3.98 Å². The van der Waals surface area contributed by atoms with E-state index in [9.17, 15) is 4.79 Å². The van der Waals surface area contributed by atoms with Gasteiger partial charge in [0.15, 0.2) is 0 Å². The van der Waals surface area contributed by atoms with Gasteiger partial charge in [0.25, 0.3) is 0 Å². The minimum Gasteiger partial charge on any atom is -0.429 e. The van der Waals surface area contributed by atoms with E-state index in [-0.39, 0.29) is 15.9 Å². The van der Waals surface area contributed by atoms with Gasteiger partial charge in [-0.25, -0.2) is 4.79 Å². The van der Waals surface area contributed by atoms with E-state index in [1.54, 1.807) is 22.6 Å². The molecule has 0 saturated heterocycles. The summed E-state index contributed by atoms with van der Waals surface area (Å²) in [4.78, 5) is 10.9. The smallest absolute Gasteiger partial charge is 0.369 e. The van der Waals surface area contributed by atoms with Crippen LogP contribution in [0.25, 0.3) is 0 Å². The Morgan fingerprint density at radius 2 is 1.94 bits per heavy atom. The molecular formula is C12H17IO3. The van der Waals surface area contributed by atoms with Crippen LogP contribution >= 0.6 is 22.6 Å². The fourth-order valence-electron chi connectivity index (χ4n) is 4.39. The van der Waals surface area contributed by atoms with Crippen molar-refractivity contribution < 1.29 is 14.3 Å². The van der Waals surface area contributed by atoms with Gasteiger partial charge in [-0.2, -0.15) is 0 Å². The standard InChI is InChI=1S/C12H17IO3/c1-7(15-11(13)14)16-12-4-8-2-9(5-12)10(3-8)6-12/h7-10H,2-6H2,1H3. The van der Waals surface area contributed by atoms with Gasteiger partial charge in [0.05, 0.1) is 28.2 Å². The Morgan fingerprint density at radius 3 is 2.44 bits per heavy atom. The molecule has 90 valence electrons. The Hall–Kier alpha value is 0.160. The predicted octanol–water partition coefficient (Wildman–Crippen LogP) is 3.50. The third kappa shape index (κ3) is 1.88. The van der Waals surface area contributed by atoms with Crippen LogP contribution in [0.3, 0.4) is 0 Å². The Balaban J connectivity index is 1.65. The highest BCUT2D eigenvalue weighted by Gasteiger charge is 2.57. The van der Waals surface area contributed by atoms with Crippen molar-refractivity contribution in [3.05, 3.63) is 0 Å². The molecule has 4 rings (SSSR count). The van der Waals surface area contributed by atoms with Gasteiger partial charge in [0, 0.05) is 0 Å². The van der Waals surface area contributed by atoms with Gasteiger partial charge < -0.3 is 9.47 Å². The number of ether oxygens (including phenoxy) is 2. The molecule has 16 heavy (non-hydrogen) atoms. The molecule has 4 heteroatoms. The number of hydrogen-bond acceptors (Lipinski definition) is 3. The topological polar surface area (TPSA) is 35.5 Å². The van der Waals surface area contributed by atoms with Crippen LogP contribution in [0, 0.1) is 17.8 Å². The molecule has 3 atom stereocenters. The quantitative estimate of drug-likeness (QED) is 0.450. The SMILES string of the molecule is CC(OC(=O)I)OC12CC3CC(C1)C(C3)C2. The molecule has 4 saturated carbocycles. The van der Waals surface area contributed by atoms with Crippen LogP contribution in [-0.2, 0) is 9.47 Å². The molecular weight excluding hydrogens is 319 g/mol. The highest BCUT2D eigenvalue weighted by atomic mass is 127. The molecule has 0 spiro atoms. The number of carbonyl (C=O) groups is 1. The highest BCUT2D eigenvalue weighted by molar-refractivity contribution is 14.1.